The topological polar surface area (TPSA) is 52.7 Å². The number of hydrogen-bond acceptors (Lipinski definition) is 2. The van der Waals surface area contributed by atoms with Gasteiger partial charge in [0.15, 0.2) is 17.8 Å². The number of aromatic amines is 1. The summed E-state index contributed by atoms with van der Waals surface area (Å²) in [4.78, 5) is 3.16. The van der Waals surface area contributed by atoms with Crippen LogP contribution in [0.25, 0.3) is 11.0 Å². The average molecular weight is 274 g/mol. The molecule has 100 valence electrons. The molecule has 0 spiro atoms. The summed E-state index contributed by atoms with van der Waals surface area (Å²) in [6.45, 7) is 8.40. The molecular formula is C14H20N3OSi+. The molecule has 2 aromatic rings. The van der Waals surface area contributed by atoms with Gasteiger partial charge in [0.1, 0.15) is 0 Å². The molecule has 0 atom stereocenters. The molecule has 1 heterocycles. The number of nitriles is 1. The number of nitrogens with one attached hydrogen (secondary N) is 1. The second-order valence-electron chi connectivity index (χ2n) is 5.93. The highest BCUT2D eigenvalue weighted by atomic mass is 28.3. The number of benzene rings is 1. The van der Waals surface area contributed by atoms with Crippen molar-refractivity contribution in [3.05, 3.63) is 30.1 Å². The molecule has 0 unspecified atom stereocenters. The molecular weight excluding hydrogens is 254 g/mol. The van der Waals surface area contributed by atoms with Gasteiger partial charge in [0.25, 0.3) is 0 Å². The summed E-state index contributed by atoms with van der Waals surface area (Å²) in [6.07, 6.45) is 1.89. The zero-order valence-corrected chi connectivity index (χ0v) is 12.7. The molecule has 1 N–H and O–H groups in total. The minimum atomic E-state index is -1.02. The van der Waals surface area contributed by atoms with Crippen molar-refractivity contribution in [3.63, 3.8) is 0 Å². The van der Waals surface area contributed by atoms with Gasteiger partial charge in [-0.15, -0.1) is 0 Å². The first-order valence-corrected chi connectivity index (χ1v) is 10.2. The fourth-order valence-corrected chi connectivity index (χ4v) is 2.59. The third-order valence-electron chi connectivity index (χ3n) is 3.04. The first kappa shape index (κ1) is 13.8. The van der Waals surface area contributed by atoms with E-state index in [2.05, 4.69) is 30.7 Å². The van der Waals surface area contributed by atoms with E-state index < -0.39 is 8.07 Å². The lowest BCUT2D eigenvalue weighted by Crippen LogP contribution is -2.34. The van der Waals surface area contributed by atoms with Crippen molar-refractivity contribution in [2.24, 2.45) is 0 Å². The molecule has 0 aliphatic rings. The minimum absolute atomic E-state index is 0.552. The first-order valence-electron chi connectivity index (χ1n) is 6.48. The highest BCUT2D eigenvalue weighted by Crippen LogP contribution is 2.10. The van der Waals surface area contributed by atoms with Crippen LogP contribution in [-0.2, 0) is 11.5 Å². The maximum atomic E-state index is 8.86. The molecule has 0 saturated heterocycles. The van der Waals surface area contributed by atoms with Crippen LogP contribution in [0.15, 0.2) is 24.5 Å². The number of imidazole rings is 1. The Morgan fingerprint density at radius 3 is 2.84 bits per heavy atom. The predicted octanol–water partition coefficient (Wildman–Crippen LogP) is 2.64. The number of fused-ring (bicyclic) bond motifs is 1. The van der Waals surface area contributed by atoms with Crippen LogP contribution in [-0.4, -0.2) is 19.7 Å². The highest BCUT2D eigenvalue weighted by molar-refractivity contribution is 6.76. The van der Waals surface area contributed by atoms with Gasteiger partial charge in [-0.05, 0) is 18.2 Å². The summed E-state index contributed by atoms with van der Waals surface area (Å²) in [6, 6.07) is 8.95. The fourth-order valence-electron chi connectivity index (χ4n) is 1.84. The molecule has 0 amide bonds. The average Bonchev–Trinajstić information content (AvgIpc) is 2.75. The van der Waals surface area contributed by atoms with Crippen LogP contribution < -0.4 is 4.57 Å². The first-order chi connectivity index (χ1) is 8.99. The molecule has 0 bridgehead atoms. The van der Waals surface area contributed by atoms with Crippen LogP contribution in [0.2, 0.25) is 25.7 Å². The predicted molar refractivity (Wildman–Crippen MR) is 77.3 cm³/mol. The number of nitrogens with zero attached hydrogens (tertiary/aromatic N) is 2. The van der Waals surface area contributed by atoms with Gasteiger partial charge in [-0.25, -0.2) is 9.55 Å². The third-order valence-corrected chi connectivity index (χ3v) is 4.74. The van der Waals surface area contributed by atoms with Crippen LogP contribution in [0.3, 0.4) is 0 Å². The van der Waals surface area contributed by atoms with Gasteiger partial charge in [-0.2, -0.15) is 5.26 Å². The maximum Gasteiger partial charge on any atom is 0.244 e. The van der Waals surface area contributed by atoms with Gasteiger partial charge < -0.3 is 4.74 Å². The Balaban J connectivity index is 2.00. The van der Waals surface area contributed by atoms with Crippen LogP contribution in [0, 0.1) is 11.3 Å². The van der Waals surface area contributed by atoms with E-state index in [0.717, 1.165) is 17.6 Å². The van der Waals surface area contributed by atoms with Crippen molar-refractivity contribution in [2.45, 2.75) is 32.4 Å². The Labute approximate surface area is 114 Å². The monoisotopic (exact) mass is 274 g/mol. The van der Waals surface area contributed by atoms with E-state index in [1.54, 1.807) is 0 Å². The second-order valence-corrected chi connectivity index (χ2v) is 11.6. The minimum Gasteiger partial charge on any atom is -0.342 e. The molecule has 2 rings (SSSR count). The largest absolute Gasteiger partial charge is 0.342 e. The van der Waals surface area contributed by atoms with Crippen molar-refractivity contribution < 1.29 is 9.30 Å². The lowest BCUT2D eigenvalue weighted by atomic mass is 10.2. The molecule has 1 aromatic heterocycles. The van der Waals surface area contributed by atoms with Gasteiger partial charge in [0, 0.05) is 20.7 Å². The maximum absolute atomic E-state index is 8.86. The quantitative estimate of drug-likeness (QED) is 0.518. The summed E-state index contributed by atoms with van der Waals surface area (Å²) in [7, 11) is -1.02. The molecule has 0 saturated carbocycles. The molecule has 0 aliphatic heterocycles. The Morgan fingerprint density at radius 2 is 2.16 bits per heavy atom. The number of aromatic nitrogens is 2. The zero-order valence-electron chi connectivity index (χ0n) is 11.7. The van der Waals surface area contributed by atoms with Crippen LogP contribution in [0.4, 0.5) is 0 Å². The van der Waals surface area contributed by atoms with E-state index in [4.69, 9.17) is 10.00 Å². The summed E-state index contributed by atoms with van der Waals surface area (Å²) in [5, 5.41) is 8.86. The Hall–Kier alpha value is -1.64. The molecule has 1 aromatic carbocycles. The van der Waals surface area contributed by atoms with Crippen LogP contribution >= 0.6 is 0 Å². The van der Waals surface area contributed by atoms with E-state index in [1.165, 1.54) is 6.04 Å². The van der Waals surface area contributed by atoms with Gasteiger partial charge in [0.05, 0.1) is 11.6 Å². The normalized spacial score (nSPS) is 11.7. The van der Waals surface area contributed by atoms with Crippen molar-refractivity contribution in [2.75, 3.05) is 6.61 Å². The third kappa shape index (κ3) is 3.66. The molecule has 0 aliphatic carbocycles. The van der Waals surface area contributed by atoms with Crippen LogP contribution in [0.5, 0.6) is 0 Å². The van der Waals surface area contributed by atoms with E-state index in [9.17, 15) is 0 Å². The Bertz CT molecular complexity index is 607. The summed E-state index contributed by atoms with van der Waals surface area (Å²) in [5.41, 5.74) is 2.70. The van der Waals surface area contributed by atoms with Gasteiger partial charge in [-0.3, -0.25) is 0 Å². The van der Waals surface area contributed by atoms with E-state index >= 15 is 0 Å². The molecule has 5 heteroatoms. The Morgan fingerprint density at radius 1 is 1.37 bits per heavy atom. The summed E-state index contributed by atoms with van der Waals surface area (Å²) >= 11 is 0. The number of hydrogen-bond donors (Lipinski definition) is 1. The number of rotatable bonds is 5. The van der Waals surface area contributed by atoms with Gasteiger partial charge in [-0.1, -0.05) is 19.6 Å². The lowest BCUT2D eigenvalue weighted by molar-refractivity contribution is -0.708. The standard InChI is InChI=1S/C14H19N3OSi/c1-19(2,3)7-6-18-11-17-10-16-13-8-12(9-15)4-5-14(13)17/h4-5,8,10H,6-7,11H2,1-3H3/p+1. The molecule has 19 heavy (non-hydrogen) atoms. The van der Waals surface area contributed by atoms with Gasteiger partial charge >= 0.3 is 0 Å². The molecule has 0 fully saturated rings. The van der Waals surface area contributed by atoms with E-state index in [-0.39, 0.29) is 0 Å². The SMILES string of the molecule is C[Si](C)(C)CCOC[n+]1c[nH]c2cc(C#N)ccc21. The van der Waals surface area contributed by atoms with E-state index in [0.29, 0.717) is 12.3 Å². The Kier molecular flexibility index (Phi) is 4.03. The van der Waals surface area contributed by atoms with Crippen LogP contribution in [0.1, 0.15) is 5.56 Å². The zero-order chi connectivity index (χ0) is 13.9. The summed E-state index contributed by atoms with van der Waals surface area (Å²) < 4.78 is 7.76. The second kappa shape index (κ2) is 5.55. The highest BCUT2D eigenvalue weighted by Gasteiger charge is 2.13. The van der Waals surface area contributed by atoms with E-state index in [1.807, 2.05) is 29.1 Å². The lowest BCUT2D eigenvalue weighted by Gasteiger charge is -2.14. The molecule has 0 radical (unpaired) electrons. The van der Waals surface area contributed by atoms with Gasteiger partial charge in [0.2, 0.25) is 6.33 Å². The number of ether oxygens (including phenoxy) is 1. The summed E-state index contributed by atoms with van der Waals surface area (Å²) in [5.74, 6) is 0. The fraction of sp³-hybridized carbons (Fsp3) is 0.429. The van der Waals surface area contributed by atoms with Crippen molar-refractivity contribution in [1.82, 2.24) is 4.98 Å². The number of H-pyrrole nitrogens is 1. The molecule has 4 nitrogen and oxygen atoms in total. The van der Waals surface area contributed by atoms with Crippen molar-refractivity contribution >= 4 is 19.1 Å². The van der Waals surface area contributed by atoms with Crippen molar-refractivity contribution in [3.8, 4) is 6.07 Å². The smallest absolute Gasteiger partial charge is 0.244 e. The van der Waals surface area contributed by atoms with Crippen molar-refractivity contribution in [1.29, 1.82) is 5.26 Å².